The predicted molar refractivity (Wildman–Crippen MR) is 78.6 cm³/mol. The number of furan rings is 1. The number of hydrogen-bond acceptors (Lipinski definition) is 4. The van der Waals surface area contributed by atoms with E-state index >= 15 is 0 Å². The lowest BCUT2D eigenvalue weighted by atomic mass is 9.79. The van der Waals surface area contributed by atoms with Crippen molar-refractivity contribution in [3.8, 4) is 0 Å². The first-order valence-corrected chi connectivity index (χ1v) is 8.32. The van der Waals surface area contributed by atoms with Crippen LogP contribution in [0.25, 0.3) is 0 Å². The zero-order valence-electron chi connectivity index (χ0n) is 11.8. The Morgan fingerprint density at radius 1 is 1.53 bits per heavy atom. The first-order valence-electron chi connectivity index (χ1n) is 7.17. The van der Waals surface area contributed by atoms with Gasteiger partial charge in [-0.15, -0.1) is 0 Å². The third kappa shape index (κ3) is 2.58. The van der Waals surface area contributed by atoms with E-state index in [4.69, 9.17) is 9.15 Å². The van der Waals surface area contributed by atoms with Gasteiger partial charge >= 0.3 is 0 Å². The van der Waals surface area contributed by atoms with Crippen LogP contribution in [0.15, 0.2) is 16.7 Å². The first kappa shape index (κ1) is 13.5. The SMILES string of the molecule is CNC(c1ccoc1C)C1CCOC2(CCSC2)C1. The van der Waals surface area contributed by atoms with E-state index in [1.807, 2.05) is 11.8 Å². The van der Waals surface area contributed by atoms with Crippen LogP contribution in [0.3, 0.4) is 0 Å². The molecule has 1 spiro atoms. The molecule has 2 fully saturated rings. The van der Waals surface area contributed by atoms with Crippen molar-refractivity contribution in [2.24, 2.45) is 5.92 Å². The van der Waals surface area contributed by atoms with Gasteiger partial charge in [-0.1, -0.05) is 0 Å². The van der Waals surface area contributed by atoms with Crippen LogP contribution in [0.4, 0.5) is 0 Å². The summed E-state index contributed by atoms with van der Waals surface area (Å²) in [6.07, 6.45) is 5.34. The van der Waals surface area contributed by atoms with Crippen LogP contribution in [0.2, 0.25) is 0 Å². The molecule has 3 unspecified atom stereocenters. The molecule has 4 heteroatoms. The summed E-state index contributed by atoms with van der Waals surface area (Å²) in [5, 5.41) is 3.50. The maximum Gasteiger partial charge on any atom is 0.105 e. The van der Waals surface area contributed by atoms with Gasteiger partial charge in [0.15, 0.2) is 0 Å². The van der Waals surface area contributed by atoms with Crippen LogP contribution in [0, 0.1) is 12.8 Å². The van der Waals surface area contributed by atoms with Gasteiger partial charge in [-0.3, -0.25) is 0 Å². The van der Waals surface area contributed by atoms with E-state index in [0.29, 0.717) is 12.0 Å². The lowest BCUT2D eigenvalue weighted by Crippen LogP contribution is -2.43. The summed E-state index contributed by atoms with van der Waals surface area (Å²) in [6.45, 7) is 2.96. The maximum atomic E-state index is 6.13. The molecule has 0 saturated carbocycles. The first-order chi connectivity index (χ1) is 9.24. The Hall–Kier alpha value is -0.450. The summed E-state index contributed by atoms with van der Waals surface area (Å²) in [6, 6.07) is 2.51. The molecule has 2 saturated heterocycles. The molecule has 0 amide bonds. The van der Waals surface area contributed by atoms with E-state index in [1.54, 1.807) is 6.26 Å². The zero-order chi connectivity index (χ0) is 13.3. The van der Waals surface area contributed by atoms with Crippen molar-refractivity contribution >= 4 is 11.8 Å². The van der Waals surface area contributed by atoms with E-state index < -0.39 is 0 Å². The fraction of sp³-hybridized carbons (Fsp3) is 0.733. The molecule has 3 rings (SSSR count). The normalized spacial score (nSPS) is 32.8. The van der Waals surface area contributed by atoms with Gasteiger partial charge in [0.25, 0.3) is 0 Å². The third-order valence-electron chi connectivity index (χ3n) is 4.61. The summed E-state index contributed by atoms with van der Waals surface area (Å²) in [7, 11) is 2.06. The van der Waals surface area contributed by atoms with Crippen molar-refractivity contribution in [2.75, 3.05) is 25.2 Å². The van der Waals surface area contributed by atoms with Gasteiger partial charge in [-0.25, -0.2) is 0 Å². The Morgan fingerprint density at radius 3 is 3.05 bits per heavy atom. The summed E-state index contributed by atoms with van der Waals surface area (Å²) < 4.78 is 11.6. The van der Waals surface area contributed by atoms with E-state index in [9.17, 15) is 0 Å². The molecular weight excluding hydrogens is 258 g/mol. The van der Waals surface area contributed by atoms with Gasteiger partial charge in [0.2, 0.25) is 0 Å². The monoisotopic (exact) mass is 281 g/mol. The van der Waals surface area contributed by atoms with Crippen molar-refractivity contribution in [3.05, 3.63) is 23.7 Å². The minimum atomic E-state index is 0.153. The second kappa shape index (κ2) is 5.51. The van der Waals surface area contributed by atoms with Crippen molar-refractivity contribution in [1.29, 1.82) is 0 Å². The van der Waals surface area contributed by atoms with Gasteiger partial charge in [-0.2, -0.15) is 11.8 Å². The van der Waals surface area contributed by atoms with Crippen molar-refractivity contribution in [1.82, 2.24) is 5.32 Å². The topological polar surface area (TPSA) is 34.4 Å². The fourth-order valence-electron chi connectivity index (χ4n) is 3.58. The van der Waals surface area contributed by atoms with E-state index in [2.05, 4.69) is 25.4 Å². The van der Waals surface area contributed by atoms with E-state index in [-0.39, 0.29) is 5.60 Å². The van der Waals surface area contributed by atoms with E-state index in [0.717, 1.165) is 18.8 Å². The minimum absolute atomic E-state index is 0.153. The zero-order valence-corrected chi connectivity index (χ0v) is 12.6. The van der Waals surface area contributed by atoms with Crippen LogP contribution in [0.5, 0.6) is 0 Å². The summed E-state index contributed by atoms with van der Waals surface area (Å²) >= 11 is 2.04. The highest BCUT2D eigenvalue weighted by Gasteiger charge is 2.42. The molecule has 106 valence electrons. The molecule has 19 heavy (non-hydrogen) atoms. The number of aryl methyl sites for hydroxylation is 1. The summed E-state index contributed by atoms with van der Waals surface area (Å²) in [4.78, 5) is 0. The standard InChI is InChI=1S/C15H23NO2S/c1-11-13(4-6-17-11)14(16-2)12-3-7-18-15(9-12)5-8-19-10-15/h4,6,12,14,16H,3,5,7-10H2,1-2H3. The highest BCUT2D eigenvalue weighted by Crippen LogP contribution is 2.44. The lowest BCUT2D eigenvalue weighted by molar-refractivity contribution is -0.0851. The largest absolute Gasteiger partial charge is 0.469 e. The Labute approximate surface area is 119 Å². The molecule has 3 atom stereocenters. The highest BCUT2D eigenvalue weighted by molar-refractivity contribution is 7.99. The van der Waals surface area contributed by atoms with E-state index in [1.165, 1.54) is 29.9 Å². The highest BCUT2D eigenvalue weighted by atomic mass is 32.2. The minimum Gasteiger partial charge on any atom is -0.469 e. The number of hydrogen-bond donors (Lipinski definition) is 1. The molecule has 0 radical (unpaired) electrons. The average Bonchev–Trinajstić information content (AvgIpc) is 3.02. The Balaban J connectivity index is 1.78. The Kier molecular flexibility index (Phi) is 3.92. The molecule has 2 aliphatic heterocycles. The molecule has 1 aromatic heterocycles. The van der Waals surface area contributed by atoms with Gasteiger partial charge in [-0.05, 0) is 51.0 Å². The molecule has 3 nitrogen and oxygen atoms in total. The number of nitrogens with one attached hydrogen (secondary N) is 1. The third-order valence-corrected chi connectivity index (χ3v) is 5.84. The van der Waals surface area contributed by atoms with Crippen molar-refractivity contribution in [2.45, 2.75) is 37.8 Å². The van der Waals surface area contributed by atoms with Gasteiger partial charge in [0, 0.05) is 24.0 Å². The molecule has 0 aliphatic carbocycles. The molecular formula is C15H23NO2S. The number of rotatable bonds is 3. The molecule has 1 aromatic rings. The molecule has 1 N–H and O–H groups in total. The fourth-order valence-corrected chi connectivity index (χ4v) is 4.95. The van der Waals surface area contributed by atoms with Crippen LogP contribution < -0.4 is 5.32 Å². The van der Waals surface area contributed by atoms with Gasteiger partial charge in [0.1, 0.15) is 5.76 Å². The quantitative estimate of drug-likeness (QED) is 0.923. The Morgan fingerprint density at radius 2 is 2.42 bits per heavy atom. The van der Waals surface area contributed by atoms with Crippen LogP contribution >= 0.6 is 11.8 Å². The average molecular weight is 281 g/mol. The van der Waals surface area contributed by atoms with Crippen LogP contribution in [0.1, 0.15) is 36.6 Å². The lowest BCUT2D eigenvalue weighted by Gasteiger charge is -2.40. The Bertz CT molecular complexity index is 426. The molecule has 2 aliphatic rings. The maximum absolute atomic E-state index is 6.13. The van der Waals surface area contributed by atoms with Crippen molar-refractivity contribution in [3.63, 3.8) is 0 Å². The molecule has 3 heterocycles. The smallest absolute Gasteiger partial charge is 0.105 e. The summed E-state index contributed by atoms with van der Waals surface area (Å²) in [5.74, 6) is 4.11. The second-order valence-electron chi connectivity index (χ2n) is 5.79. The molecule has 0 bridgehead atoms. The summed E-state index contributed by atoms with van der Waals surface area (Å²) in [5.41, 5.74) is 1.47. The van der Waals surface area contributed by atoms with Crippen LogP contribution in [-0.4, -0.2) is 30.8 Å². The number of ether oxygens (including phenoxy) is 1. The van der Waals surface area contributed by atoms with Crippen LogP contribution in [-0.2, 0) is 4.74 Å². The molecule has 0 aromatic carbocycles. The van der Waals surface area contributed by atoms with Gasteiger partial charge in [0.05, 0.1) is 11.9 Å². The number of thioether (sulfide) groups is 1. The predicted octanol–water partition coefficient (Wildman–Crippen LogP) is 3.15. The second-order valence-corrected chi connectivity index (χ2v) is 6.89. The van der Waals surface area contributed by atoms with Crippen molar-refractivity contribution < 1.29 is 9.15 Å². The van der Waals surface area contributed by atoms with Gasteiger partial charge < -0.3 is 14.5 Å².